The van der Waals surface area contributed by atoms with Gasteiger partial charge in [0.25, 0.3) is 5.91 Å². The van der Waals surface area contributed by atoms with Gasteiger partial charge in [0.2, 0.25) is 10.0 Å². The van der Waals surface area contributed by atoms with E-state index in [2.05, 4.69) is 0 Å². The summed E-state index contributed by atoms with van der Waals surface area (Å²) >= 11 is 0. The fourth-order valence-electron chi connectivity index (χ4n) is 3.21. The number of allylic oxidation sites excluding steroid dienone is 1. The fourth-order valence-corrected chi connectivity index (χ4v) is 4.79. The van der Waals surface area contributed by atoms with Crippen molar-refractivity contribution in [1.29, 1.82) is 0 Å². The van der Waals surface area contributed by atoms with E-state index in [-0.39, 0.29) is 11.4 Å². The van der Waals surface area contributed by atoms with E-state index >= 15 is 0 Å². The number of ether oxygens (including phenoxy) is 2. The van der Waals surface area contributed by atoms with Gasteiger partial charge in [0, 0.05) is 19.4 Å². The number of carbonyl (C=O) groups excluding carboxylic acids is 2. The van der Waals surface area contributed by atoms with Gasteiger partial charge < -0.3 is 9.47 Å². The van der Waals surface area contributed by atoms with Crippen LogP contribution in [-0.4, -0.2) is 55.6 Å². The van der Waals surface area contributed by atoms with Crippen LogP contribution in [0.2, 0.25) is 0 Å². The highest BCUT2D eigenvalue weighted by atomic mass is 32.2. The lowest BCUT2D eigenvalue weighted by atomic mass is 9.91. The zero-order chi connectivity index (χ0) is 20.9. The molecule has 10 heteroatoms. The molecule has 0 bridgehead atoms. The van der Waals surface area contributed by atoms with Gasteiger partial charge in [0.1, 0.15) is 17.9 Å². The highest BCUT2D eigenvalue weighted by molar-refractivity contribution is 7.89. The Balaban J connectivity index is 2.49. The molecule has 0 saturated heterocycles. The summed E-state index contributed by atoms with van der Waals surface area (Å²) in [4.78, 5) is 23.8. The fraction of sp³-hybridized carbons (Fsp3) is 0.444. The van der Waals surface area contributed by atoms with E-state index in [0.29, 0.717) is 12.2 Å². The average Bonchev–Trinajstić information content (AvgIpc) is 2.90. The van der Waals surface area contributed by atoms with Crippen LogP contribution < -0.4 is 10.2 Å². The molecule has 1 aliphatic heterocycles. The van der Waals surface area contributed by atoms with Crippen LogP contribution in [0.3, 0.4) is 0 Å². The van der Waals surface area contributed by atoms with E-state index in [4.69, 9.17) is 9.47 Å². The molecular weight excluding hydrogens is 388 g/mol. The van der Waals surface area contributed by atoms with Crippen molar-refractivity contribution in [2.75, 3.05) is 13.7 Å². The molecule has 28 heavy (non-hydrogen) atoms. The Morgan fingerprint density at radius 1 is 1.25 bits per heavy atom. The monoisotopic (exact) mass is 412 g/mol. The summed E-state index contributed by atoms with van der Waals surface area (Å²) in [6.07, 6.45) is 2.89. The SMILES string of the molecule is COc1ccc(S(=O)(=O)N2CC=CCC(C(C)OC(C)=O)C2C(=O)NO)cc1. The molecule has 1 amide bonds. The lowest BCUT2D eigenvalue weighted by Crippen LogP contribution is -2.54. The first kappa shape index (κ1) is 21.9. The van der Waals surface area contributed by atoms with Gasteiger partial charge in [-0.25, -0.2) is 13.9 Å². The molecule has 0 fully saturated rings. The summed E-state index contributed by atoms with van der Waals surface area (Å²) in [5.74, 6) is -1.65. The molecule has 0 aromatic heterocycles. The van der Waals surface area contributed by atoms with Crippen LogP contribution in [0.4, 0.5) is 0 Å². The highest BCUT2D eigenvalue weighted by Gasteiger charge is 2.43. The number of rotatable bonds is 6. The third-order valence-corrected chi connectivity index (χ3v) is 6.44. The zero-order valence-corrected chi connectivity index (χ0v) is 16.7. The first-order valence-corrected chi connectivity index (χ1v) is 10.1. The standard InChI is InChI=1S/C18H24N2O7S/c1-12(27-13(2)21)16-6-4-5-11-20(17(16)18(22)19-23)28(24,25)15-9-7-14(26-3)8-10-15/h4-5,7-10,12,16-17,23H,6,11H2,1-3H3,(H,19,22). The maximum Gasteiger partial charge on any atom is 0.302 e. The number of benzene rings is 1. The second-order valence-corrected chi connectivity index (χ2v) is 8.25. The van der Waals surface area contributed by atoms with Crippen molar-refractivity contribution in [3.8, 4) is 5.75 Å². The number of nitrogens with zero attached hydrogens (tertiary/aromatic N) is 1. The van der Waals surface area contributed by atoms with Crippen molar-refractivity contribution in [1.82, 2.24) is 9.79 Å². The summed E-state index contributed by atoms with van der Waals surface area (Å²) in [6.45, 7) is 2.74. The van der Waals surface area contributed by atoms with E-state index in [1.165, 1.54) is 43.8 Å². The van der Waals surface area contributed by atoms with Crippen LogP contribution >= 0.6 is 0 Å². The summed E-state index contributed by atoms with van der Waals surface area (Å²) in [5.41, 5.74) is 1.54. The van der Waals surface area contributed by atoms with Crippen LogP contribution in [0, 0.1) is 5.92 Å². The summed E-state index contributed by atoms with van der Waals surface area (Å²) < 4.78 is 37.7. The van der Waals surface area contributed by atoms with Gasteiger partial charge in [-0.05, 0) is 37.6 Å². The highest BCUT2D eigenvalue weighted by Crippen LogP contribution is 2.30. The Morgan fingerprint density at radius 3 is 2.43 bits per heavy atom. The minimum Gasteiger partial charge on any atom is -0.497 e. The smallest absolute Gasteiger partial charge is 0.302 e. The van der Waals surface area contributed by atoms with Crippen molar-refractivity contribution in [3.63, 3.8) is 0 Å². The predicted octanol–water partition coefficient (Wildman–Crippen LogP) is 1.09. The second kappa shape index (κ2) is 9.18. The molecule has 1 aliphatic rings. The molecule has 154 valence electrons. The van der Waals surface area contributed by atoms with E-state index in [1.54, 1.807) is 19.1 Å². The first-order valence-electron chi connectivity index (χ1n) is 8.64. The topological polar surface area (TPSA) is 122 Å². The normalized spacial score (nSPS) is 21.4. The number of sulfonamides is 1. The molecular formula is C18H24N2O7S. The Labute approximate surface area is 163 Å². The number of hydrogen-bond donors (Lipinski definition) is 2. The van der Waals surface area contributed by atoms with E-state index in [0.717, 1.165) is 4.31 Å². The van der Waals surface area contributed by atoms with E-state index in [1.807, 2.05) is 0 Å². The number of hydrogen-bond acceptors (Lipinski definition) is 7. The summed E-state index contributed by atoms with van der Waals surface area (Å²) in [6, 6.07) is 4.48. The van der Waals surface area contributed by atoms with Gasteiger partial charge in [0.05, 0.1) is 12.0 Å². The average molecular weight is 412 g/mol. The van der Waals surface area contributed by atoms with Gasteiger partial charge in [-0.15, -0.1) is 0 Å². The van der Waals surface area contributed by atoms with Crippen molar-refractivity contribution in [2.45, 2.75) is 37.3 Å². The second-order valence-electron chi connectivity index (χ2n) is 6.36. The van der Waals surface area contributed by atoms with Gasteiger partial charge in [0.15, 0.2) is 0 Å². The maximum absolute atomic E-state index is 13.2. The van der Waals surface area contributed by atoms with Crippen LogP contribution in [0.1, 0.15) is 20.3 Å². The molecule has 1 aromatic rings. The minimum absolute atomic E-state index is 0.0294. The lowest BCUT2D eigenvalue weighted by molar-refractivity contribution is -0.151. The molecule has 0 saturated carbocycles. The Hall–Kier alpha value is -2.43. The van der Waals surface area contributed by atoms with Gasteiger partial charge in [-0.3, -0.25) is 14.8 Å². The molecule has 3 unspecified atom stereocenters. The predicted molar refractivity (Wildman–Crippen MR) is 99.1 cm³/mol. The molecule has 0 radical (unpaired) electrons. The molecule has 0 aliphatic carbocycles. The first-order chi connectivity index (χ1) is 13.2. The van der Waals surface area contributed by atoms with Gasteiger partial charge in [-0.1, -0.05) is 12.2 Å². The Kier molecular flexibility index (Phi) is 7.17. The minimum atomic E-state index is -4.10. The van der Waals surface area contributed by atoms with Crippen molar-refractivity contribution in [2.24, 2.45) is 5.92 Å². The molecule has 1 heterocycles. The molecule has 3 atom stereocenters. The number of nitrogens with one attached hydrogen (secondary N) is 1. The third kappa shape index (κ3) is 4.70. The number of esters is 1. The summed E-state index contributed by atoms with van der Waals surface area (Å²) in [5, 5.41) is 9.22. The van der Waals surface area contributed by atoms with Gasteiger partial charge in [-0.2, -0.15) is 4.31 Å². The Bertz CT molecular complexity index is 836. The number of methoxy groups -OCH3 is 1. The molecule has 1 aromatic carbocycles. The third-order valence-electron chi connectivity index (χ3n) is 4.58. The van der Waals surface area contributed by atoms with Crippen molar-refractivity contribution < 1.29 is 32.7 Å². The molecule has 2 N–H and O–H groups in total. The number of carbonyl (C=O) groups is 2. The van der Waals surface area contributed by atoms with Gasteiger partial charge >= 0.3 is 5.97 Å². The summed E-state index contributed by atoms with van der Waals surface area (Å²) in [7, 11) is -2.63. The number of amides is 1. The Morgan fingerprint density at radius 2 is 1.89 bits per heavy atom. The van der Waals surface area contributed by atoms with Crippen LogP contribution in [0.25, 0.3) is 0 Å². The van der Waals surface area contributed by atoms with Crippen LogP contribution in [0.15, 0.2) is 41.3 Å². The quantitative estimate of drug-likeness (QED) is 0.310. The zero-order valence-electron chi connectivity index (χ0n) is 15.9. The van der Waals surface area contributed by atoms with Crippen molar-refractivity contribution >= 4 is 21.9 Å². The molecule has 0 spiro atoms. The lowest BCUT2D eigenvalue weighted by Gasteiger charge is -2.34. The number of hydroxylamine groups is 1. The van der Waals surface area contributed by atoms with Crippen LogP contribution in [0.5, 0.6) is 5.75 Å². The van der Waals surface area contributed by atoms with E-state index < -0.39 is 40.0 Å². The molecule has 2 rings (SSSR count). The maximum atomic E-state index is 13.2. The van der Waals surface area contributed by atoms with Crippen LogP contribution in [-0.2, 0) is 24.3 Å². The van der Waals surface area contributed by atoms with Crippen molar-refractivity contribution in [3.05, 3.63) is 36.4 Å². The van der Waals surface area contributed by atoms with E-state index in [9.17, 15) is 23.2 Å². The largest absolute Gasteiger partial charge is 0.497 e. The molecule has 9 nitrogen and oxygen atoms in total.